The highest BCUT2D eigenvalue weighted by Crippen LogP contribution is 2.36. The number of carbonyl (C=O) groups is 2. The number of methoxy groups -OCH3 is 2. The number of amides is 2. The second kappa shape index (κ2) is 9.05. The lowest BCUT2D eigenvalue weighted by Crippen LogP contribution is -2.16. The maximum absolute atomic E-state index is 12.4. The van der Waals surface area contributed by atoms with Crippen molar-refractivity contribution < 1.29 is 19.1 Å². The Bertz CT molecular complexity index is 956. The van der Waals surface area contributed by atoms with Gasteiger partial charge in [0.1, 0.15) is 11.5 Å². The summed E-state index contributed by atoms with van der Waals surface area (Å²) in [6.07, 6.45) is 0.239. The maximum Gasteiger partial charge on any atom is 0.265 e. The second-order valence-corrected chi connectivity index (χ2v) is 6.84. The molecule has 144 valence electrons. The van der Waals surface area contributed by atoms with E-state index >= 15 is 0 Å². The average Bonchev–Trinajstić information content (AvgIpc) is 3.24. The Morgan fingerprint density at radius 3 is 2.11 bits per heavy atom. The summed E-state index contributed by atoms with van der Waals surface area (Å²) < 4.78 is 10.8. The average molecular weight is 396 g/mol. The van der Waals surface area contributed by atoms with Crippen LogP contribution in [0.3, 0.4) is 0 Å². The molecule has 0 bridgehead atoms. The molecule has 0 radical (unpaired) electrons. The van der Waals surface area contributed by atoms with Crippen LogP contribution in [0.1, 0.15) is 15.2 Å². The number of rotatable bonds is 7. The first-order valence-electron chi connectivity index (χ1n) is 8.55. The molecule has 0 unspecified atom stereocenters. The maximum atomic E-state index is 12.4. The van der Waals surface area contributed by atoms with Crippen molar-refractivity contribution in [3.8, 4) is 11.5 Å². The highest BCUT2D eigenvalue weighted by Gasteiger charge is 2.16. The molecule has 3 rings (SSSR count). The molecule has 0 saturated carbocycles. The van der Waals surface area contributed by atoms with Gasteiger partial charge in [-0.1, -0.05) is 36.4 Å². The third-order valence-corrected chi connectivity index (χ3v) is 4.86. The number of ether oxygens (including phenoxy) is 2. The number of benzene rings is 2. The molecule has 3 aromatic rings. The Morgan fingerprint density at radius 2 is 1.54 bits per heavy atom. The van der Waals surface area contributed by atoms with Gasteiger partial charge in [0.2, 0.25) is 5.91 Å². The van der Waals surface area contributed by atoms with Gasteiger partial charge in [-0.25, -0.2) is 0 Å². The Kier molecular flexibility index (Phi) is 6.29. The van der Waals surface area contributed by atoms with Crippen molar-refractivity contribution in [2.45, 2.75) is 6.42 Å². The molecule has 2 N–H and O–H groups in total. The minimum absolute atomic E-state index is 0.179. The van der Waals surface area contributed by atoms with Gasteiger partial charge < -0.3 is 20.1 Å². The zero-order valence-corrected chi connectivity index (χ0v) is 16.3. The van der Waals surface area contributed by atoms with Crippen LogP contribution in [0.2, 0.25) is 0 Å². The standard InChI is InChI=1S/C21H20N2O4S/c1-26-17-13-16(23-21(25)19-9-6-10-28-19)18(27-2)12-15(17)22-20(24)11-14-7-4-3-5-8-14/h3-10,12-13H,11H2,1-2H3,(H,22,24)(H,23,25). The smallest absolute Gasteiger partial charge is 0.265 e. The summed E-state index contributed by atoms with van der Waals surface area (Å²) in [5.41, 5.74) is 1.83. The fourth-order valence-electron chi connectivity index (χ4n) is 2.66. The minimum atomic E-state index is -0.240. The van der Waals surface area contributed by atoms with Crippen LogP contribution in [-0.4, -0.2) is 26.0 Å². The summed E-state index contributed by atoms with van der Waals surface area (Å²) in [6, 6.07) is 16.3. The number of carbonyl (C=O) groups excluding carboxylic acids is 2. The molecule has 0 aliphatic rings. The summed E-state index contributed by atoms with van der Waals surface area (Å²) in [6.45, 7) is 0. The fraction of sp³-hybridized carbons (Fsp3) is 0.143. The van der Waals surface area contributed by atoms with E-state index in [1.165, 1.54) is 25.6 Å². The van der Waals surface area contributed by atoms with Crippen LogP contribution < -0.4 is 20.1 Å². The van der Waals surface area contributed by atoms with Crippen LogP contribution in [0.25, 0.3) is 0 Å². The minimum Gasteiger partial charge on any atom is -0.494 e. The Labute approximate surface area is 167 Å². The van der Waals surface area contributed by atoms with Crippen molar-refractivity contribution in [1.29, 1.82) is 0 Å². The van der Waals surface area contributed by atoms with Crippen LogP contribution in [0.4, 0.5) is 11.4 Å². The van der Waals surface area contributed by atoms with Gasteiger partial charge in [-0.15, -0.1) is 11.3 Å². The van der Waals surface area contributed by atoms with E-state index in [0.29, 0.717) is 27.8 Å². The molecule has 0 fully saturated rings. The summed E-state index contributed by atoms with van der Waals surface area (Å²) in [5, 5.41) is 7.48. The molecule has 0 aliphatic heterocycles. The van der Waals surface area contributed by atoms with E-state index in [1.807, 2.05) is 41.8 Å². The molecule has 28 heavy (non-hydrogen) atoms. The summed E-state index contributed by atoms with van der Waals surface area (Å²) in [7, 11) is 3.00. The third kappa shape index (κ3) is 4.69. The predicted molar refractivity (Wildman–Crippen MR) is 111 cm³/mol. The first kappa shape index (κ1) is 19.4. The molecular weight excluding hydrogens is 376 g/mol. The molecule has 0 atom stereocenters. The van der Waals surface area contributed by atoms with Crippen LogP contribution in [-0.2, 0) is 11.2 Å². The van der Waals surface area contributed by atoms with Gasteiger partial charge in [-0.05, 0) is 17.0 Å². The van der Waals surface area contributed by atoms with Crippen LogP contribution in [0.15, 0.2) is 60.0 Å². The fourth-order valence-corrected chi connectivity index (χ4v) is 3.28. The Morgan fingerprint density at radius 1 is 0.893 bits per heavy atom. The quantitative estimate of drug-likeness (QED) is 0.628. The van der Waals surface area contributed by atoms with Crippen LogP contribution in [0.5, 0.6) is 11.5 Å². The van der Waals surface area contributed by atoms with E-state index < -0.39 is 0 Å². The topological polar surface area (TPSA) is 76.7 Å². The molecule has 7 heteroatoms. The Balaban J connectivity index is 1.80. The zero-order valence-electron chi connectivity index (χ0n) is 15.5. The van der Waals surface area contributed by atoms with Gasteiger partial charge in [-0.3, -0.25) is 9.59 Å². The summed E-state index contributed by atoms with van der Waals surface area (Å²) in [4.78, 5) is 25.3. The highest BCUT2D eigenvalue weighted by molar-refractivity contribution is 7.12. The number of thiophene rings is 1. The monoisotopic (exact) mass is 396 g/mol. The second-order valence-electron chi connectivity index (χ2n) is 5.89. The predicted octanol–water partition coefficient (Wildman–Crippen LogP) is 4.20. The largest absolute Gasteiger partial charge is 0.494 e. The molecule has 6 nitrogen and oxygen atoms in total. The normalized spacial score (nSPS) is 10.2. The molecule has 2 amide bonds. The van der Waals surface area contributed by atoms with Gasteiger partial charge >= 0.3 is 0 Å². The molecule has 1 aromatic heterocycles. The molecule has 0 saturated heterocycles. The van der Waals surface area contributed by atoms with E-state index in [9.17, 15) is 9.59 Å². The molecule has 2 aromatic carbocycles. The lowest BCUT2D eigenvalue weighted by atomic mass is 10.1. The van der Waals surface area contributed by atoms with Gasteiger partial charge in [0.05, 0.1) is 36.9 Å². The zero-order chi connectivity index (χ0) is 19.9. The Hall–Kier alpha value is -3.32. The molecule has 0 aliphatic carbocycles. The summed E-state index contributed by atoms with van der Waals surface area (Å²) >= 11 is 1.35. The van der Waals surface area contributed by atoms with Crippen LogP contribution in [0, 0.1) is 0 Å². The van der Waals surface area contributed by atoms with Gasteiger partial charge in [0.25, 0.3) is 5.91 Å². The van der Waals surface area contributed by atoms with E-state index in [-0.39, 0.29) is 18.2 Å². The molecule has 1 heterocycles. The van der Waals surface area contributed by atoms with Gasteiger partial charge in [0, 0.05) is 12.1 Å². The molecule has 0 spiro atoms. The van der Waals surface area contributed by atoms with Crippen LogP contribution >= 0.6 is 11.3 Å². The van der Waals surface area contributed by atoms with Crippen molar-refractivity contribution in [2.75, 3.05) is 24.9 Å². The van der Waals surface area contributed by atoms with Crippen molar-refractivity contribution >= 4 is 34.5 Å². The third-order valence-electron chi connectivity index (χ3n) is 4.00. The number of anilines is 2. The number of hydrogen-bond acceptors (Lipinski definition) is 5. The number of nitrogens with one attached hydrogen (secondary N) is 2. The van der Waals surface area contributed by atoms with Crippen molar-refractivity contribution in [3.63, 3.8) is 0 Å². The van der Waals surface area contributed by atoms with E-state index in [0.717, 1.165) is 5.56 Å². The lowest BCUT2D eigenvalue weighted by Gasteiger charge is -2.16. The first-order chi connectivity index (χ1) is 13.6. The van der Waals surface area contributed by atoms with Gasteiger partial charge in [0.15, 0.2) is 0 Å². The first-order valence-corrected chi connectivity index (χ1v) is 9.43. The van der Waals surface area contributed by atoms with Crippen molar-refractivity contribution in [3.05, 3.63) is 70.4 Å². The van der Waals surface area contributed by atoms with E-state index in [2.05, 4.69) is 10.6 Å². The SMILES string of the molecule is COc1cc(NC(=O)c2cccs2)c(OC)cc1NC(=O)Cc1ccccc1. The van der Waals surface area contributed by atoms with Crippen molar-refractivity contribution in [1.82, 2.24) is 0 Å². The number of hydrogen-bond donors (Lipinski definition) is 2. The highest BCUT2D eigenvalue weighted by atomic mass is 32.1. The lowest BCUT2D eigenvalue weighted by molar-refractivity contribution is -0.115. The van der Waals surface area contributed by atoms with Crippen molar-refractivity contribution in [2.24, 2.45) is 0 Å². The summed E-state index contributed by atoms with van der Waals surface area (Å²) in [5.74, 6) is 0.419. The van der Waals surface area contributed by atoms with Gasteiger partial charge in [-0.2, -0.15) is 0 Å². The van der Waals surface area contributed by atoms with E-state index in [1.54, 1.807) is 18.2 Å². The van der Waals surface area contributed by atoms with E-state index in [4.69, 9.17) is 9.47 Å². The molecular formula is C21H20N2O4S.